The number of aromatic amines is 1. The molecule has 0 unspecified atom stereocenters. The molecule has 0 aliphatic carbocycles. The molecule has 0 aromatic carbocycles. The Labute approximate surface area is 146 Å². The van der Waals surface area contributed by atoms with Crippen molar-refractivity contribution in [2.75, 3.05) is 6.54 Å². The molecule has 1 atom stereocenters. The van der Waals surface area contributed by atoms with Crippen LogP contribution in [-0.2, 0) is 6.54 Å². The van der Waals surface area contributed by atoms with E-state index >= 15 is 0 Å². The van der Waals surface area contributed by atoms with E-state index in [-0.39, 0.29) is 12.1 Å². The second kappa shape index (κ2) is 7.34. The van der Waals surface area contributed by atoms with E-state index in [2.05, 4.69) is 20.5 Å². The molecule has 0 saturated carbocycles. The molecule has 2 N–H and O–H groups in total. The molecule has 0 radical (unpaired) electrons. The summed E-state index contributed by atoms with van der Waals surface area (Å²) in [5.74, 6) is 0. The van der Waals surface area contributed by atoms with Gasteiger partial charge < -0.3 is 10.2 Å². The molecule has 3 rings (SSSR count). The van der Waals surface area contributed by atoms with Crippen LogP contribution >= 0.6 is 11.3 Å². The van der Waals surface area contributed by atoms with Gasteiger partial charge in [-0.25, -0.2) is 9.78 Å². The molecule has 2 aromatic rings. The van der Waals surface area contributed by atoms with Crippen molar-refractivity contribution in [3.05, 3.63) is 33.0 Å². The van der Waals surface area contributed by atoms with E-state index in [1.807, 2.05) is 31.2 Å². The van der Waals surface area contributed by atoms with Gasteiger partial charge in [0.15, 0.2) is 0 Å². The van der Waals surface area contributed by atoms with Gasteiger partial charge in [-0.3, -0.25) is 5.10 Å². The Bertz CT molecular complexity index is 688. The number of rotatable bonds is 3. The first kappa shape index (κ1) is 17.0. The molecule has 0 spiro atoms. The zero-order valence-corrected chi connectivity index (χ0v) is 15.4. The first-order valence-corrected chi connectivity index (χ1v) is 9.40. The fourth-order valence-corrected chi connectivity index (χ4v) is 4.17. The van der Waals surface area contributed by atoms with E-state index < -0.39 is 0 Å². The number of urea groups is 1. The van der Waals surface area contributed by atoms with E-state index in [0.29, 0.717) is 6.54 Å². The van der Waals surface area contributed by atoms with Crippen LogP contribution < -0.4 is 5.32 Å². The fourth-order valence-electron chi connectivity index (χ4n) is 3.46. The lowest BCUT2D eigenvalue weighted by molar-refractivity contribution is 0.175. The van der Waals surface area contributed by atoms with Gasteiger partial charge in [0, 0.05) is 22.7 Å². The summed E-state index contributed by atoms with van der Waals surface area (Å²) in [4.78, 5) is 20.2. The Kier molecular flexibility index (Phi) is 5.18. The van der Waals surface area contributed by atoms with Gasteiger partial charge in [-0.1, -0.05) is 12.8 Å². The highest BCUT2D eigenvalue weighted by molar-refractivity contribution is 7.09. The number of carbonyl (C=O) groups is 1. The standard InChI is InChI=1S/C17H25N5OS/c1-11-15(24-10-19-11)9-18-17(23)22-8-6-4-5-7-14(22)16-12(2)20-21-13(16)3/h10,14H,4-9H2,1-3H3,(H,18,23)(H,20,21)/t14-/m0/s1. The maximum Gasteiger partial charge on any atom is 0.318 e. The molecule has 7 heteroatoms. The normalized spacial score (nSPS) is 18.5. The zero-order chi connectivity index (χ0) is 17.1. The minimum Gasteiger partial charge on any atom is -0.333 e. The summed E-state index contributed by atoms with van der Waals surface area (Å²) >= 11 is 1.59. The molecule has 6 nitrogen and oxygen atoms in total. The second-order valence-electron chi connectivity index (χ2n) is 6.43. The minimum atomic E-state index is 0.00898. The summed E-state index contributed by atoms with van der Waals surface area (Å²) in [6.07, 6.45) is 4.37. The van der Waals surface area contributed by atoms with Crippen molar-refractivity contribution in [1.82, 2.24) is 25.4 Å². The number of amides is 2. The van der Waals surface area contributed by atoms with Gasteiger partial charge in [-0.05, 0) is 33.6 Å². The maximum absolute atomic E-state index is 12.9. The lowest BCUT2D eigenvalue weighted by atomic mass is 9.99. The molecule has 24 heavy (non-hydrogen) atoms. The monoisotopic (exact) mass is 347 g/mol. The Morgan fingerprint density at radius 3 is 2.83 bits per heavy atom. The van der Waals surface area contributed by atoms with Crippen molar-refractivity contribution >= 4 is 17.4 Å². The lowest BCUT2D eigenvalue weighted by Crippen LogP contribution is -2.42. The minimum absolute atomic E-state index is 0.00898. The molecule has 1 saturated heterocycles. The second-order valence-corrected chi connectivity index (χ2v) is 7.37. The Morgan fingerprint density at radius 1 is 1.33 bits per heavy atom. The number of H-pyrrole nitrogens is 1. The summed E-state index contributed by atoms with van der Waals surface area (Å²) in [5.41, 5.74) is 6.06. The quantitative estimate of drug-likeness (QED) is 0.890. The third kappa shape index (κ3) is 3.45. The summed E-state index contributed by atoms with van der Waals surface area (Å²) < 4.78 is 0. The van der Waals surface area contributed by atoms with Gasteiger partial charge in [-0.15, -0.1) is 11.3 Å². The van der Waals surface area contributed by atoms with Crippen LogP contribution in [0.5, 0.6) is 0 Å². The van der Waals surface area contributed by atoms with Crippen LogP contribution in [0.2, 0.25) is 0 Å². The molecule has 130 valence electrons. The summed E-state index contributed by atoms with van der Waals surface area (Å²) in [5, 5.41) is 10.5. The van der Waals surface area contributed by atoms with Crippen LogP contribution in [0.3, 0.4) is 0 Å². The SMILES string of the molecule is Cc1ncsc1CNC(=O)N1CCCCC[C@H]1c1c(C)n[nH]c1C. The molecule has 2 aromatic heterocycles. The van der Waals surface area contributed by atoms with Crippen LogP contribution in [0.15, 0.2) is 5.51 Å². The fraction of sp³-hybridized carbons (Fsp3) is 0.588. The van der Waals surface area contributed by atoms with E-state index in [1.54, 1.807) is 11.3 Å². The first-order valence-electron chi connectivity index (χ1n) is 8.53. The number of nitrogens with zero attached hydrogens (tertiary/aromatic N) is 3. The van der Waals surface area contributed by atoms with Crippen LogP contribution in [0.1, 0.15) is 59.2 Å². The first-order chi connectivity index (χ1) is 11.6. The molecule has 1 aliphatic heterocycles. The van der Waals surface area contributed by atoms with E-state index in [0.717, 1.165) is 47.8 Å². The van der Waals surface area contributed by atoms with Gasteiger partial charge in [-0.2, -0.15) is 5.10 Å². The molecular formula is C17H25N5OS. The third-order valence-corrected chi connectivity index (χ3v) is 5.71. The van der Waals surface area contributed by atoms with E-state index in [9.17, 15) is 4.79 Å². The highest BCUT2D eigenvalue weighted by Gasteiger charge is 2.30. The maximum atomic E-state index is 12.9. The third-order valence-electron chi connectivity index (χ3n) is 4.78. The van der Waals surface area contributed by atoms with Gasteiger partial charge in [0.25, 0.3) is 0 Å². The predicted octanol–water partition coefficient (Wildman–Crippen LogP) is 3.62. The Morgan fingerprint density at radius 2 is 2.17 bits per heavy atom. The van der Waals surface area contributed by atoms with E-state index in [4.69, 9.17) is 0 Å². The van der Waals surface area contributed by atoms with Crippen molar-refractivity contribution in [3.8, 4) is 0 Å². The van der Waals surface area contributed by atoms with Gasteiger partial charge in [0.2, 0.25) is 0 Å². The average molecular weight is 347 g/mol. The van der Waals surface area contributed by atoms with Crippen LogP contribution in [0, 0.1) is 20.8 Å². The van der Waals surface area contributed by atoms with E-state index in [1.165, 1.54) is 12.0 Å². The van der Waals surface area contributed by atoms with Crippen LogP contribution in [0.25, 0.3) is 0 Å². The smallest absolute Gasteiger partial charge is 0.318 e. The summed E-state index contributed by atoms with van der Waals surface area (Å²) in [6.45, 7) is 7.37. The van der Waals surface area contributed by atoms with Crippen molar-refractivity contribution in [3.63, 3.8) is 0 Å². The predicted molar refractivity (Wildman–Crippen MR) is 95.1 cm³/mol. The van der Waals surface area contributed by atoms with Crippen LogP contribution in [-0.4, -0.2) is 32.7 Å². The zero-order valence-electron chi connectivity index (χ0n) is 14.6. The highest BCUT2D eigenvalue weighted by atomic mass is 32.1. The topological polar surface area (TPSA) is 73.9 Å². The van der Waals surface area contributed by atoms with Gasteiger partial charge in [0.05, 0.1) is 29.5 Å². The summed E-state index contributed by atoms with van der Waals surface area (Å²) in [7, 11) is 0. The van der Waals surface area contributed by atoms with Crippen LogP contribution in [0.4, 0.5) is 4.79 Å². The number of hydrogen-bond donors (Lipinski definition) is 2. The number of nitrogens with one attached hydrogen (secondary N) is 2. The van der Waals surface area contributed by atoms with Crippen molar-refractivity contribution < 1.29 is 4.79 Å². The number of hydrogen-bond acceptors (Lipinski definition) is 4. The average Bonchev–Trinajstić information content (AvgIpc) is 3.02. The molecular weight excluding hydrogens is 322 g/mol. The number of likely N-dealkylation sites (tertiary alicyclic amines) is 1. The Hall–Kier alpha value is -1.89. The molecule has 0 bridgehead atoms. The van der Waals surface area contributed by atoms with Gasteiger partial charge in [0.1, 0.15) is 0 Å². The number of aryl methyl sites for hydroxylation is 3. The highest BCUT2D eigenvalue weighted by Crippen LogP contribution is 2.33. The molecule has 2 amide bonds. The molecule has 3 heterocycles. The summed E-state index contributed by atoms with van der Waals surface area (Å²) in [6, 6.07) is 0.114. The lowest BCUT2D eigenvalue weighted by Gasteiger charge is -2.30. The van der Waals surface area contributed by atoms with Crippen molar-refractivity contribution in [1.29, 1.82) is 0 Å². The van der Waals surface area contributed by atoms with Crippen molar-refractivity contribution in [2.24, 2.45) is 0 Å². The van der Waals surface area contributed by atoms with Crippen molar-refractivity contribution in [2.45, 2.75) is 59.0 Å². The largest absolute Gasteiger partial charge is 0.333 e. The number of carbonyl (C=O) groups excluding carboxylic acids is 1. The molecule has 1 aliphatic rings. The molecule has 1 fully saturated rings. The van der Waals surface area contributed by atoms with Gasteiger partial charge >= 0.3 is 6.03 Å². The number of thiazole rings is 1. The number of aromatic nitrogens is 3. The Balaban J connectivity index is 1.77.